The molecule has 4 heteroatoms. The van der Waals surface area contributed by atoms with Crippen LogP contribution in [0.1, 0.15) is 17.2 Å². The molecule has 19 heavy (non-hydrogen) atoms. The van der Waals surface area contributed by atoms with Crippen molar-refractivity contribution in [3.8, 4) is 11.1 Å². The summed E-state index contributed by atoms with van der Waals surface area (Å²) in [6.07, 6.45) is 0.286. The van der Waals surface area contributed by atoms with Crippen molar-refractivity contribution < 1.29 is 13.9 Å². The predicted octanol–water partition coefficient (Wildman–Crippen LogP) is 3.00. The Bertz CT molecular complexity index is 537. The highest BCUT2D eigenvalue weighted by molar-refractivity contribution is 7.79. The maximum Gasteiger partial charge on any atom is 0.160 e. The van der Waals surface area contributed by atoms with Gasteiger partial charge in [0, 0.05) is 6.61 Å². The zero-order chi connectivity index (χ0) is 13.7. The van der Waals surface area contributed by atoms with Crippen LogP contribution in [-0.2, 0) is 11.1 Å². The zero-order valence-corrected chi connectivity index (χ0v) is 11.2. The highest BCUT2D eigenvalue weighted by Gasteiger charge is 2.16. The minimum absolute atomic E-state index is 0.0998. The molecule has 0 bridgehead atoms. The van der Waals surface area contributed by atoms with Crippen LogP contribution in [0, 0.1) is 0 Å². The van der Waals surface area contributed by atoms with Gasteiger partial charge < -0.3 is 9.66 Å². The fraction of sp³-hybridized carbons (Fsp3) is 0.200. The van der Waals surface area contributed by atoms with E-state index in [-0.39, 0.29) is 13.0 Å². The molecule has 0 radical (unpaired) electrons. The van der Waals surface area contributed by atoms with Gasteiger partial charge in [-0.3, -0.25) is 0 Å². The molecule has 0 saturated heterocycles. The first-order valence-electron chi connectivity index (χ1n) is 6.08. The molecule has 0 aromatic heterocycles. The van der Waals surface area contributed by atoms with Gasteiger partial charge in [-0.15, -0.1) is 0 Å². The predicted molar refractivity (Wildman–Crippen MR) is 77.1 cm³/mol. The summed E-state index contributed by atoms with van der Waals surface area (Å²) in [5, 5.41) is 8.40. The van der Waals surface area contributed by atoms with Gasteiger partial charge in [0.15, 0.2) is 11.1 Å². The SMILES string of the molecule is O=S(O)C(CCO)c1ccc(-c2ccccc2)cc1. The Kier molecular flexibility index (Phi) is 4.85. The molecule has 2 aromatic rings. The first kappa shape index (κ1) is 13.9. The summed E-state index contributed by atoms with van der Waals surface area (Å²) in [5.74, 6) is 0. The smallest absolute Gasteiger partial charge is 0.160 e. The Morgan fingerprint density at radius 2 is 1.53 bits per heavy atom. The molecule has 0 saturated carbocycles. The fourth-order valence-corrected chi connectivity index (χ4v) is 2.72. The average molecular weight is 276 g/mol. The Morgan fingerprint density at radius 3 is 2.05 bits per heavy atom. The number of benzene rings is 2. The topological polar surface area (TPSA) is 57.5 Å². The van der Waals surface area contributed by atoms with Crippen molar-refractivity contribution in [1.82, 2.24) is 0 Å². The lowest BCUT2D eigenvalue weighted by Gasteiger charge is -2.12. The summed E-state index contributed by atoms with van der Waals surface area (Å²) < 4.78 is 20.5. The van der Waals surface area contributed by atoms with E-state index in [9.17, 15) is 8.76 Å². The molecule has 0 aliphatic carbocycles. The van der Waals surface area contributed by atoms with Crippen LogP contribution in [0.4, 0.5) is 0 Å². The first-order valence-corrected chi connectivity index (χ1v) is 7.25. The summed E-state index contributed by atoms with van der Waals surface area (Å²) in [6, 6.07) is 17.5. The molecule has 2 unspecified atom stereocenters. The van der Waals surface area contributed by atoms with Crippen molar-refractivity contribution in [2.45, 2.75) is 11.7 Å². The lowest BCUT2D eigenvalue weighted by atomic mass is 10.0. The molecule has 0 aliphatic heterocycles. The van der Waals surface area contributed by atoms with Crippen LogP contribution in [0.15, 0.2) is 54.6 Å². The second kappa shape index (κ2) is 6.61. The van der Waals surface area contributed by atoms with Crippen LogP contribution in [-0.4, -0.2) is 20.5 Å². The minimum Gasteiger partial charge on any atom is -0.396 e. The molecule has 2 aromatic carbocycles. The third kappa shape index (κ3) is 3.50. The third-order valence-electron chi connectivity index (χ3n) is 3.02. The van der Waals surface area contributed by atoms with E-state index in [1.165, 1.54) is 0 Å². The van der Waals surface area contributed by atoms with Gasteiger partial charge >= 0.3 is 0 Å². The normalized spacial score (nSPS) is 14.0. The summed E-state index contributed by atoms with van der Waals surface area (Å²) in [5.41, 5.74) is 2.95. The Labute approximate surface area is 115 Å². The molecule has 100 valence electrons. The van der Waals surface area contributed by atoms with Crippen LogP contribution in [0.25, 0.3) is 11.1 Å². The van der Waals surface area contributed by atoms with Crippen LogP contribution in [0.5, 0.6) is 0 Å². The highest BCUT2D eigenvalue weighted by atomic mass is 32.2. The number of aliphatic hydroxyl groups is 1. The van der Waals surface area contributed by atoms with Crippen molar-refractivity contribution in [3.63, 3.8) is 0 Å². The zero-order valence-electron chi connectivity index (χ0n) is 10.4. The second-order valence-corrected chi connectivity index (χ2v) is 5.39. The largest absolute Gasteiger partial charge is 0.396 e. The van der Waals surface area contributed by atoms with Gasteiger partial charge in [-0.25, -0.2) is 4.21 Å². The van der Waals surface area contributed by atoms with Gasteiger partial charge in [-0.2, -0.15) is 0 Å². The third-order valence-corrected chi connectivity index (χ3v) is 4.02. The van der Waals surface area contributed by atoms with Gasteiger partial charge in [-0.05, 0) is 23.1 Å². The summed E-state index contributed by atoms with van der Waals surface area (Å²) in [6.45, 7) is -0.0998. The van der Waals surface area contributed by atoms with E-state index >= 15 is 0 Å². The van der Waals surface area contributed by atoms with Crippen LogP contribution in [0.3, 0.4) is 0 Å². The van der Waals surface area contributed by atoms with E-state index < -0.39 is 16.3 Å². The van der Waals surface area contributed by atoms with Crippen molar-refractivity contribution in [1.29, 1.82) is 0 Å². The minimum atomic E-state index is -1.97. The maximum absolute atomic E-state index is 11.2. The van der Waals surface area contributed by atoms with Crippen LogP contribution < -0.4 is 0 Å². The molecule has 0 heterocycles. The van der Waals surface area contributed by atoms with Gasteiger partial charge in [0.2, 0.25) is 0 Å². The van der Waals surface area contributed by atoms with Crippen molar-refractivity contribution in [2.75, 3.05) is 6.61 Å². The first-order chi connectivity index (χ1) is 9.22. The second-order valence-electron chi connectivity index (χ2n) is 4.27. The molecule has 3 nitrogen and oxygen atoms in total. The van der Waals surface area contributed by atoms with Gasteiger partial charge in [0.05, 0.1) is 5.25 Å². The number of aliphatic hydroxyl groups excluding tert-OH is 1. The van der Waals surface area contributed by atoms with E-state index in [0.29, 0.717) is 0 Å². The monoisotopic (exact) mass is 276 g/mol. The molecule has 2 atom stereocenters. The molecular weight excluding hydrogens is 260 g/mol. The maximum atomic E-state index is 11.2. The van der Waals surface area contributed by atoms with E-state index in [4.69, 9.17) is 5.11 Å². The van der Waals surface area contributed by atoms with E-state index in [1.54, 1.807) is 0 Å². The van der Waals surface area contributed by atoms with Gasteiger partial charge in [-0.1, -0.05) is 54.6 Å². The van der Waals surface area contributed by atoms with Crippen molar-refractivity contribution >= 4 is 11.1 Å². The Hall–Kier alpha value is -1.49. The van der Waals surface area contributed by atoms with Gasteiger partial charge in [0.25, 0.3) is 0 Å². The fourth-order valence-electron chi connectivity index (χ4n) is 2.02. The van der Waals surface area contributed by atoms with Crippen molar-refractivity contribution in [2.24, 2.45) is 0 Å². The molecular formula is C15H16O3S. The Morgan fingerprint density at radius 1 is 0.947 bits per heavy atom. The van der Waals surface area contributed by atoms with Gasteiger partial charge in [0.1, 0.15) is 0 Å². The lowest BCUT2D eigenvalue weighted by molar-refractivity contribution is 0.285. The summed E-state index contributed by atoms with van der Waals surface area (Å²) in [7, 11) is 0. The molecule has 0 aliphatic rings. The molecule has 0 fully saturated rings. The number of rotatable bonds is 5. The summed E-state index contributed by atoms with van der Waals surface area (Å²) >= 11 is -1.97. The lowest BCUT2D eigenvalue weighted by Crippen LogP contribution is -2.07. The molecule has 0 amide bonds. The van der Waals surface area contributed by atoms with E-state index in [0.717, 1.165) is 16.7 Å². The standard InChI is InChI=1S/C15H16O3S/c16-11-10-15(19(17)18)14-8-6-13(7-9-14)12-4-2-1-3-5-12/h1-9,15-16H,10-11H2,(H,17,18). The average Bonchev–Trinajstić information content (AvgIpc) is 2.46. The summed E-state index contributed by atoms with van der Waals surface area (Å²) in [4.78, 5) is 0. The Balaban J connectivity index is 2.25. The number of hydrogen-bond donors (Lipinski definition) is 2. The molecule has 2 N–H and O–H groups in total. The van der Waals surface area contributed by atoms with E-state index in [2.05, 4.69) is 0 Å². The quantitative estimate of drug-likeness (QED) is 0.825. The van der Waals surface area contributed by atoms with E-state index in [1.807, 2.05) is 54.6 Å². The van der Waals surface area contributed by atoms with Crippen LogP contribution >= 0.6 is 0 Å². The highest BCUT2D eigenvalue weighted by Crippen LogP contribution is 2.26. The van der Waals surface area contributed by atoms with Crippen LogP contribution in [0.2, 0.25) is 0 Å². The molecule has 2 rings (SSSR count). The molecule has 0 spiro atoms. The number of hydrogen-bond acceptors (Lipinski definition) is 2. The van der Waals surface area contributed by atoms with Crippen molar-refractivity contribution in [3.05, 3.63) is 60.2 Å².